The number of aromatic nitrogens is 4. The molecule has 0 spiro atoms. The SMILES string of the molecule is C=C/C(=C\N(C)C)c1cc2cnc(Nc3ccc(-c4cnn(C)c4)cc3OC)cc2n1C(=O)OC(C)C. The van der Waals surface area contributed by atoms with Gasteiger partial charge >= 0.3 is 6.09 Å². The fraction of sp³-hybridized carbons (Fsp3) is 0.250. The number of methoxy groups -OCH3 is 1. The summed E-state index contributed by atoms with van der Waals surface area (Å²) in [5.74, 6) is 1.21. The minimum absolute atomic E-state index is 0.273. The van der Waals surface area contributed by atoms with Crippen LogP contribution in [0.4, 0.5) is 16.3 Å². The largest absolute Gasteiger partial charge is 0.495 e. The van der Waals surface area contributed by atoms with Gasteiger partial charge in [-0.15, -0.1) is 0 Å². The first kappa shape index (κ1) is 25.6. The van der Waals surface area contributed by atoms with Crippen LogP contribution in [0.2, 0.25) is 0 Å². The molecule has 3 heterocycles. The van der Waals surface area contributed by atoms with E-state index in [1.54, 1.807) is 28.6 Å². The number of nitrogens with one attached hydrogen (secondary N) is 1. The molecule has 0 bridgehead atoms. The van der Waals surface area contributed by atoms with Crippen molar-refractivity contribution in [1.82, 2.24) is 24.2 Å². The number of hydrogen-bond donors (Lipinski definition) is 1. The molecule has 37 heavy (non-hydrogen) atoms. The van der Waals surface area contributed by atoms with Gasteiger partial charge in [0.1, 0.15) is 11.6 Å². The number of carbonyl (C=O) groups is 1. The zero-order valence-electron chi connectivity index (χ0n) is 22.0. The third-order valence-electron chi connectivity index (χ3n) is 5.62. The highest BCUT2D eigenvalue weighted by molar-refractivity contribution is 5.96. The van der Waals surface area contributed by atoms with E-state index in [0.717, 1.165) is 27.8 Å². The Balaban J connectivity index is 1.77. The molecule has 1 N–H and O–H groups in total. The van der Waals surface area contributed by atoms with Gasteiger partial charge in [0.25, 0.3) is 0 Å². The fourth-order valence-electron chi connectivity index (χ4n) is 4.02. The smallest absolute Gasteiger partial charge is 0.419 e. The summed E-state index contributed by atoms with van der Waals surface area (Å²) in [6, 6.07) is 9.60. The maximum absolute atomic E-state index is 13.2. The standard InChI is InChI=1S/C28H32N6O3/c1-8-19(16-32(4)5)24-11-21-14-29-27(13-25(21)34(24)28(35)37-18(2)3)31-23-10-9-20(12-26(23)36-7)22-15-30-33(6)17-22/h8-18H,1H2,2-7H3,(H,29,31)/b19-16+. The summed E-state index contributed by atoms with van der Waals surface area (Å²) < 4.78 is 14.5. The highest BCUT2D eigenvalue weighted by Crippen LogP contribution is 2.34. The molecule has 0 fully saturated rings. The average molecular weight is 501 g/mol. The molecule has 0 saturated carbocycles. The van der Waals surface area contributed by atoms with Gasteiger partial charge in [0.05, 0.1) is 36.3 Å². The maximum atomic E-state index is 13.2. The Bertz CT molecular complexity index is 1480. The van der Waals surface area contributed by atoms with Crippen molar-refractivity contribution in [1.29, 1.82) is 0 Å². The lowest BCUT2D eigenvalue weighted by Gasteiger charge is -2.15. The topological polar surface area (TPSA) is 86.4 Å². The number of allylic oxidation sites excluding steroid dienone is 2. The molecule has 4 aromatic rings. The maximum Gasteiger partial charge on any atom is 0.419 e. The van der Waals surface area contributed by atoms with Crippen LogP contribution in [0.5, 0.6) is 5.75 Å². The van der Waals surface area contributed by atoms with E-state index in [9.17, 15) is 4.79 Å². The number of rotatable bonds is 8. The molecule has 0 radical (unpaired) electrons. The van der Waals surface area contributed by atoms with Gasteiger partial charge in [-0.25, -0.2) is 14.3 Å². The van der Waals surface area contributed by atoms with Crippen LogP contribution in [0.3, 0.4) is 0 Å². The van der Waals surface area contributed by atoms with Crippen molar-refractivity contribution in [3.63, 3.8) is 0 Å². The zero-order valence-corrected chi connectivity index (χ0v) is 22.0. The van der Waals surface area contributed by atoms with Gasteiger partial charge < -0.3 is 19.7 Å². The monoisotopic (exact) mass is 500 g/mol. The number of carbonyl (C=O) groups excluding carboxylic acids is 1. The Morgan fingerprint density at radius 3 is 2.57 bits per heavy atom. The van der Waals surface area contributed by atoms with E-state index < -0.39 is 6.09 Å². The second kappa shape index (κ2) is 10.6. The van der Waals surface area contributed by atoms with Gasteiger partial charge in [0.15, 0.2) is 0 Å². The summed E-state index contributed by atoms with van der Waals surface area (Å²) in [6.07, 6.45) is 8.36. The Labute approximate surface area is 216 Å². The minimum Gasteiger partial charge on any atom is -0.495 e. The summed E-state index contributed by atoms with van der Waals surface area (Å²) in [4.78, 5) is 19.7. The quantitative estimate of drug-likeness (QED) is 0.312. The van der Waals surface area contributed by atoms with Gasteiger partial charge in [-0.1, -0.05) is 18.7 Å². The van der Waals surface area contributed by atoms with Crippen LogP contribution >= 0.6 is 0 Å². The number of pyridine rings is 1. The first-order valence-corrected chi connectivity index (χ1v) is 11.9. The molecular formula is C28H32N6O3. The Kier molecular flexibility index (Phi) is 7.33. The summed E-state index contributed by atoms with van der Waals surface area (Å²) in [5, 5.41) is 8.36. The lowest BCUT2D eigenvalue weighted by molar-refractivity contribution is 0.118. The van der Waals surface area contributed by atoms with Gasteiger partial charge in [0, 0.05) is 62.3 Å². The molecular weight excluding hydrogens is 468 g/mol. The zero-order chi connectivity index (χ0) is 26.7. The number of fused-ring (bicyclic) bond motifs is 1. The van der Waals surface area contributed by atoms with Crippen molar-refractivity contribution in [3.8, 4) is 16.9 Å². The van der Waals surface area contributed by atoms with Crippen LogP contribution in [-0.4, -0.2) is 57.6 Å². The summed E-state index contributed by atoms with van der Waals surface area (Å²) in [6.45, 7) is 7.58. The molecule has 9 heteroatoms. The first-order valence-electron chi connectivity index (χ1n) is 11.9. The van der Waals surface area contributed by atoms with E-state index in [1.165, 1.54) is 0 Å². The Hall–Kier alpha value is -4.53. The van der Waals surface area contributed by atoms with Gasteiger partial charge in [0.2, 0.25) is 0 Å². The van der Waals surface area contributed by atoms with Crippen LogP contribution in [0, 0.1) is 0 Å². The van der Waals surface area contributed by atoms with Crippen molar-refractivity contribution in [3.05, 3.63) is 73.5 Å². The third kappa shape index (κ3) is 5.50. The second-order valence-corrected chi connectivity index (χ2v) is 9.12. The van der Waals surface area contributed by atoms with Crippen LogP contribution in [0.25, 0.3) is 27.6 Å². The van der Waals surface area contributed by atoms with Gasteiger partial charge in [-0.05, 0) is 37.6 Å². The van der Waals surface area contributed by atoms with Crippen LogP contribution in [-0.2, 0) is 11.8 Å². The first-order chi connectivity index (χ1) is 17.7. The average Bonchev–Trinajstić information content (AvgIpc) is 3.45. The fourth-order valence-corrected chi connectivity index (χ4v) is 4.02. The van der Waals surface area contributed by atoms with Crippen molar-refractivity contribution < 1.29 is 14.3 Å². The van der Waals surface area contributed by atoms with E-state index in [-0.39, 0.29) is 6.10 Å². The summed E-state index contributed by atoms with van der Waals surface area (Å²) >= 11 is 0. The van der Waals surface area contributed by atoms with Crippen molar-refractivity contribution >= 4 is 34.1 Å². The molecule has 9 nitrogen and oxygen atoms in total. The second-order valence-electron chi connectivity index (χ2n) is 9.12. The number of hydrogen-bond acceptors (Lipinski definition) is 7. The van der Waals surface area contributed by atoms with E-state index in [1.807, 2.05) is 88.8 Å². The summed E-state index contributed by atoms with van der Waals surface area (Å²) in [7, 11) is 7.33. The summed E-state index contributed by atoms with van der Waals surface area (Å²) in [5.41, 5.74) is 4.83. The molecule has 192 valence electrons. The lowest BCUT2D eigenvalue weighted by atomic mass is 10.1. The third-order valence-corrected chi connectivity index (χ3v) is 5.62. The number of anilines is 2. The molecule has 0 amide bonds. The molecule has 0 aliphatic heterocycles. The van der Waals surface area contributed by atoms with Gasteiger partial charge in [-0.2, -0.15) is 5.10 Å². The molecule has 4 rings (SSSR count). The minimum atomic E-state index is -0.470. The predicted molar refractivity (Wildman–Crippen MR) is 147 cm³/mol. The molecule has 3 aromatic heterocycles. The lowest BCUT2D eigenvalue weighted by Crippen LogP contribution is -2.20. The number of nitrogens with zero attached hydrogens (tertiary/aromatic N) is 5. The molecule has 0 aliphatic carbocycles. The van der Waals surface area contributed by atoms with Crippen molar-refractivity contribution in [2.75, 3.05) is 26.5 Å². The van der Waals surface area contributed by atoms with E-state index >= 15 is 0 Å². The van der Waals surface area contributed by atoms with E-state index in [2.05, 4.69) is 22.0 Å². The van der Waals surface area contributed by atoms with Crippen LogP contribution in [0.15, 0.2) is 67.8 Å². The highest BCUT2D eigenvalue weighted by atomic mass is 16.6. The van der Waals surface area contributed by atoms with Crippen molar-refractivity contribution in [2.24, 2.45) is 7.05 Å². The number of ether oxygens (including phenoxy) is 2. The van der Waals surface area contributed by atoms with E-state index in [0.29, 0.717) is 22.8 Å². The Morgan fingerprint density at radius 1 is 1.16 bits per heavy atom. The van der Waals surface area contributed by atoms with Crippen LogP contribution < -0.4 is 10.1 Å². The van der Waals surface area contributed by atoms with E-state index in [4.69, 9.17) is 9.47 Å². The predicted octanol–water partition coefficient (Wildman–Crippen LogP) is 5.67. The highest BCUT2D eigenvalue weighted by Gasteiger charge is 2.20. The normalized spacial score (nSPS) is 11.6. The molecule has 0 saturated heterocycles. The van der Waals surface area contributed by atoms with Crippen molar-refractivity contribution in [2.45, 2.75) is 20.0 Å². The molecule has 0 atom stereocenters. The number of aryl methyl sites for hydroxylation is 1. The molecule has 0 unspecified atom stereocenters. The van der Waals surface area contributed by atoms with Crippen LogP contribution in [0.1, 0.15) is 19.5 Å². The Morgan fingerprint density at radius 2 is 1.95 bits per heavy atom. The van der Waals surface area contributed by atoms with Gasteiger partial charge in [-0.3, -0.25) is 4.68 Å². The molecule has 0 aliphatic rings. The molecule has 1 aromatic carbocycles. The number of benzene rings is 1.